The summed E-state index contributed by atoms with van der Waals surface area (Å²) in [5.41, 5.74) is 4.38. The molecule has 0 aliphatic rings. The number of nitro benzene ring substituents is 1. The molecule has 4 N–H and O–H groups in total. The molecule has 0 atom stereocenters. The summed E-state index contributed by atoms with van der Waals surface area (Å²) in [6.45, 7) is 0. The summed E-state index contributed by atoms with van der Waals surface area (Å²) < 4.78 is 0. The van der Waals surface area contributed by atoms with E-state index in [4.69, 9.17) is 15.9 Å². The van der Waals surface area contributed by atoms with Crippen molar-refractivity contribution in [1.29, 1.82) is 0 Å². The molecule has 0 saturated carbocycles. The third-order valence-corrected chi connectivity index (χ3v) is 1.74. The summed E-state index contributed by atoms with van der Waals surface area (Å²) in [5, 5.41) is 28.7. The van der Waals surface area contributed by atoms with Crippen LogP contribution in [0.25, 0.3) is 0 Å². The first-order chi connectivity index (χ1) is 6.91. The van der Waals surface area contributed by atoms with Crippen LogP contribution in [0.1, 0.15) is 5.56 Å². The topological polar surface area (TPSA) is 127 Å². The SMILES string of the molecule is NC(=O)Cc1cc(O)c(O)cc1[N+](=O)[O-]. The molecule has 80 valence electrons. The molecule has 7 heteroatoms. The average Bonchev–Trinajstić information content (AvgIpc) is 2.09. The van der Waals surface area contributed by atoms with E-state index in [0.717, 1.165) is 12.1 Å². The van der Waals surface area contributed by atoms with Gasteiger partial charge in [-0.1, -0.05) is 0 Å². The predicted octanol–water partition coefficient (Wildman–Crippen LogP) is 0.0338. The molecule has 15 heavy (non-hydrogen) atoms. The molecular weight excluding hydrogens is 204 g/mol. The largest absolute Gasteiger partial charge is 0.504 e. The van der Waals surface area contributed by atoms with Crippen LogP contribution in [-0.2, 0) is 11.2 Å². The number of amides is 1. The van der Waals surface area contributed by atoms with Crippen LogP contribution in [-0.4, -0.2) is 21.0 Å². The minimum absolute atomic E-state index is 0.0391. The first-order valence-electron chi connectivity index (χ1n) is 3.89. The Morgan fingerprint density at radius 1 is 1.40 bits per heavy atom. The number of nitrogens with zero attached hydrogens (tertiary/aromatic N) is 1. The summed E-state index contributed by atoms with van der Waals surface area (Å²) in [4.78, 5) is 20.4. The van der Waals surface area contributed by atoms with Gasteiger partial charge in [-0.05, 0) is 6.07 Å². The number of benzene rings is 1. The Morgan fingerprint density at radius 2 is 1.93 bits per heavy atom. The van der Waals surface area contributed by atoms with E-state index in [1.807, 2.05) is 0 Å². The van der Waals surface area contributed by atoms with Crippen molar-refractivity contribution in [1.82, 2.24) is 0 Å². The van der Waals surface area contributed by atoms with Gasteiger partial charge in [0.05, 0.1) is 17.4 Å². The van der Waals surface area contributed by atoms with Gasteiger partial charge >= 0.3 is 0 Å². The van der Waals surface area contributed by atoms with Crippen LogP contribution in [0.4, 0.5) is 5.69 Å². The van der Waals surface area contributed by atoms with Crippen LogP contribution < -0.4 is 5.73 Å². The summed E-state index contributed by atoms with van der Waals surface area (Å²) in [6, 6.07) is 1.71. The molecule has 1 amide bonds. The maximum atomic E-state index is 10.6. The number of nitrogens with two attached hydrogens (primary N) is 1. The highest BCUT2D eigenvalue weighted by atomic mass is 16.6. The summed E-state index contributed by atoms with van der Waals surface area (Å²) >= 11 is 0. The monoisotopic (exact) mass is 212 g/mol. The van der Waals surface area contributed by atoms with Crippen LogP contribution in [0, 0.1) is 10.1 Å². The van der Waals surface area contributed by atoms with Gasteiger partial charge in [0.15, 0.2) is 11.5 Å². The third kappa shape index (κ3) is 2.33. The molecule has 0 saturated heterocycles. The molecule has 0 bridgehead atoms. The van der Waals surface area contributed by atoms with E-state index < -0.39 is 28.0 Å². The van der Waals surface area contributed by atoms with Crippen molar-refractivity contribution >= 4 is 11.6 Å². The van der Waals surface area contributed by atoms with Gasteiger partial charge in [0, 0.05) is 5.56 Å². The summed E-state index contributed by atoms with van der Waals surface area (Å²) in [6.07, 6.45) is -0.371. The summed E-state index contributed by atoms with van der Waals surface area (Å²) in [5.74, 6) is -1.91. The molecule has 0 heterocycles. The number of primary amides is 1. The molecule has 7 nitrogen and oxygen atoms in total. The van der Waals surface area contributed by atoms with Crippen LogP contribution >= 0.6 is 0 Å². The third-order valence-electron chi connectivity index (χ3n) is 1.74. The quantitative estimate of drug-likeness (QED) is 0.370. The Bertz CT molecular complexity index is 429. The van der Waals surface area contributed by atoms with Crippen molar-refractivity contribution in [3.05, 3.63) is 27.8 Å². The molecule has 0 fully saturated rings. The molecule has 1 aromatic carbocycles. The molecule has 1 aromatic rings. The number of rotatable bonds is 3. The molecule has 1 rings (SSSR count). The number of carbonyl (C=O) groups is 1. The van der Waals surface area contributed by atoms with Crippen molar-refractivity contribution in [2.75, 3.05) is 0 Å². The minimum Gasteiger partial charge on any atom is -0.504 e. The van der Waals surface area contributed by atoms with E-state index in [9.17, 15) is 14.9 Å². The lowest BCUT2D eigenvalue weighted by molar-refractivity contribution is -0.385. The number of phenolic OH excluding ortho intramolecular Hbond substituents is 2. The Kier molecular flexibility index (Phi) is 2.75. The lowest BCUT2D eigenvalue weighted by atomic mass is 10.1. The molecule has 0 aromatic heterocycles. The summed E-state index contributed by atoms with van der Waals surface area (Å²) in [7, 11) is 0. The van der Waals surface area contributed by atoms with Crippen molar-refractivity contribution in [2.45, 2.75) is 6.42 Å². The maximum absolute atomic E-state index is 10.6. The smallest absolute Gasteiger partial charge is 0.277 e. The number of phenols is 2. The zero-order valence-corrected chi connectivity index (χ0v) is 7.51. The van der Waals surface area contributed by atoms with E-state index in [1.54, 1.807) is 0 Å². The predicted molar refractivity (Wildman–Crippen MR) is 49.3 cm³/mol. The van der Waals surface area contributed by atoms with Gasteiger partial charge in [-0.25, -0.2) is 0 Å². The van der Waals surface area contributed by atoms with Gasteiger partial charge in [-0.3, -0.25) is 14.9 Å². The van der Waals surface area contributed by atoms with Crippen molar-refractivity contribution in [3.8, 4) is 11.5 Å². The lowest BCUT2D eigenvalue weighted by Gasteiger charge is -2.03. The second-order valence-corrected chi connectivity index (χ2v) is 2.87. The highest BCUT2D eigenvalue weighted by Gasteiger charge is 2.18. The standard InChI is InChI=1S/C8H8N2O5/c9-8(13)2-4-1-6(11)7(12)3-5(4)10(14)15/h1,3,11-12H,2H2,(H2,9,13). The van der Waals surface area contributed by atoms with E-state index >= 15 is 0 Å². The fourth-order valence-corrected chi connectivity index (χ4v) is 1.11. The number of aromatic hydroxyl groups is 2. The van der Waals surface area contributed by atoms with Gasteiger partial charge in [0.1, 0.15) is 0 Å². The average molecular weight is 212 g/mol. The molecule has 0 unspecified atom stereocenters. The van der Waals surface area contributed by atoms with Crippen molar-refractivity contribution in [2.24, 2.45) is 5.73 Å². The fraction of sp³-hybridized carbons (Fsp3) is 0.125. The second-order valence-electron chi connectivity index (χ2n) is 2.87. The first kappa shape index (κ1) is 10.8. The highest BCUT2D eigenvalue weighted by molar-refractivity contribution is 5.78. The maximum Gasteiger partial charge on any atom is 0.277 e. The zero-order valence-electron chi connectivity index (χ0n) is 7.51. The van der Waals surface area contributed by atoms with E-state index in [-0.39, 0.29) is 12.0 Å². The van der Waals surface area contributed by atoms with Crippen molar-refractivity contribution in [3.63, 3.8) is 0 Å². The second kappa shape index (κ2) is 3.82. The van der Waals surface area contributed by atoms with Crippen molar-refractivity contribution < 1.29 is 19.9 Å². The van der Waals surface area contributed by atoms with Gasteiger partial charge < -0.3 is 15.9 Å². The number of nitro groups is 1. The number of carbonyl (C=O) groups excluding carboxylic acids is 1. The van der Waals surface area contributed by atoms with E-state index in [0.29, 0.717) is 0 Å². The number of hydrogen-bond donors (Lipinski definition) is 3. The normalized spacial score (nSPS) is 9.87. The first-order valence-corrected chi connectivity index (χ1v) is 3.89. The zero-order chi connectivity index (χ0) is 11.6. The molecular formula is C8H8N2O5. The highest BCUT2D eigenvalue weighted by Crippen LogP contribution is 2.32. The van der Waals surface area contributed by atoms with E-state index in [2.05, 4.69) is 0 Å². The van der Waals surface area contributed by atoms with Gasteiger partial charge in [0.2, 0.25) is 5.91 Å². The Morgan fingerprint density at radius 3 is 2.40 bits per heavy atom. The van der Waals surface area contributed by atoms with Crippen LogP contribution in [0.3, 0.4) is 0 Å². The van der Waals surface area contributed by atoms with Crippen LogP contribution in [0.2, 0.25) is 0 Å². The minimum atomic E-state index is -0.766. The Labute approximate surface area is 83.9 Å². The van der Waals surface area contributed by atoms with Gasteiger partial charge in [0.25, 0.3) is 5.69 Å². The Hall–Kier alpha value is -2.31. The molecule has 0 aliphatic heterocycles. The van der Waals surface area contributed by atoms with Gasteiger partial charge in [-0.2, -0.15) is 0 Å². The fourth-order valence-electron chi connectivity index (χ4n) is 1.11. The molecule has 0 radical (unpaired) electrons. The molecule has 0 aliphatic carbocycles. The Balaban J connectivity index is 3.28. The van der Waals surface area contributed by atoms with E-state index in [1.165, 1.54) is 0 Å². The van der Waals surface area contributed by atoms with Crippen LogP contribution in [0.5, 0.6) is 11.5 Å². The lowest BCUT2D eigenvalue weighted by Crippen LogP contribution is -2.14. The number of hydrogen-bond acceptors (Lipinski definition) is 5. The van der Waals surface area contributed by atoms with Gasteiger partial charge in [-0.15, -0.1) is 0 Å². The molecule has 0 spiro atoms. The van der Waals surface area contributed by atoms with Crippen LogP contribution in [0.15, 0.2) is 12.1 Å².